The molecule has 0 spiro atoms. The van der Waals surface area contributed by atoms with Gasteiger partial charge in [-0.25, -0.2) is 8.78 Å². The lowest BCUT2D eigenvalue weighted by Gasteiger charge is -2.26. The van der Waals surface area contributed by atoms with Crippen LogP contribution in [0.2, 0.25) is 5.15 Å². The van der Waals surface area contributed by atoms with Crippen molar-refractivity contribution in [2.45, 2.75) is 43.0 Å². The van der Waals surface area contributed by atoms with Crippen molar-refractivity contribution in [2.75, 3.05) is 5.32 Å². The number of nitrogens with zero attached hydrogens (tertiary/aromatic N) is 4. The van der Waals surface area contributed by atoms with Gasteiger partial charge in [0.15, 0.2) is 17.0 Å². The number of alkyl halides is 3. The van der Waals surface area contributed by atoms with Crippen LogP contribution in [0.1, 0.15) is 31.2 Å². The summed E-state index contributed by atoms with van der Waals surface area (Å²) in [7, 11) is 0. The lowest BCUT2D eigenvalue weighted by molar-refractivity contribution is 0.0515. The third kappa shape index (κ3) is 3.06. The first-order valence-corrected chi connectivity index (χ1v) is 9.07. The van der Waals surface area contributed by atoms with Crippen molar-refractivity contribution in [3.63, 3.8) is 0 Å². The molecule has 4 rings (SSSR count). The Hall–Kier alpha value is -1.87. The van der Waals surface area contributed by atoms with E-state index in [1.54, 1.807) is 0 Å². The Kier molecular flexibility index (Phi) is 4.54. The SMILES string of the molecule is FC1=C(F)C(Cl)C(F)(F)C=C1c1c(Cl)nc2ncnn2c1NC1CCCC1. The van der Waals surface area contributed by atoms with Gasteiger partial charge < -0.3 is 5.32 Å². The predicted octanol–water partition coefficient (Wildman–Crippen LogP) is 4.92. The van der Waals surface area contributed by atoms with Crippen LogP contribution in [0.15, 0.2) is 24.1 Å². The highest BCUT2D eigenvalue weighted by Gasteiger charge is 2.46. The fraction of sp³-hybridized carbons (Fsp3) is 0.438. The second-order valence-electron chi connectivity index (χ2n) is 6.48. The van der Waals surface area contributed by atoms with Gasteiger partial charge in [-0.05, 0) is 18.9 Å². The maximum absolute atomic E-state index is 14.6. The van der Waals surface area contributed by atoms with Gasteiger partial charge in [-0.15, -0.1) is 11.6 Å². The van der Waals surface area contributed by atoms with Crippen molar-refractivity contribution >= 4 is 40.4 Å². The number of nitrogens with one attached hydrogen (secondary N) is 1. The number of rotatable bonds is 3. The van der Waals surface area contributed by atoms with Crippen molar-refractivity contribution < 1.29 is 17.6 Å². The molecule has 1 fully saturated rings. The third-order valence-electron chi connectivity index (χ3n) is 4.69. The Balaban J connectivity index is 1.94. The maximum atomic E-state index is 14.6. The molecule has 11 heteroatoms. The molecule has 0 bridgehead atoms. The number of allylic oxidation sites excluding steroid dienone is 4. The fourth-order valence-electron chi connectivity index (χ4n) is 3.37. The van der Waals surface area contributed by atoms with Crippen molar-refractivity contribution in [3.8, 4) is 0 Å². The quantitative estimate of drug-likeness (QED) is 0.434. The van der Waals surface area contributed by atoms with Crippen molar-refractivity contribution in [1.29, 1.82) is 0 Å². The van der Waals surface area contributed by atoms with E-state index in [9.17, 15) is 17.6 Å². The van der Waals surface area contributed by atoms with E-state index in [2.05, 4.69) is 20.4 Å². The molecule has 1 N–H and O–H groups in total. The maximum Gasteiger partial charge on any atom is 0.289 e. The van der Waals surface area contributed by atoms with Gasteiger partial charge in [-0.2, -0.15) is 28.4 Å². The normalized spacial score (nSPS) is 23.2. The van der Waals surface area contributed by atoms with Crippen LogP contribution in [0, 0.1) is 0 Å². The number of hydrogen-bond donors (Lipinski definition) is 1. The van der Waals surface area contributed by atoms with Crippen LogP contribution in [0.25, 0.3) is 11.4 Å². The van der Waals surface area contributed by atoms with Gasteiger partial charge >= 0.3 is 0 Å². The molecule has 27 heavy (non-hydrogen) atoms. The van der Waals surface area contributed by atoms with E-state index in [0.717, 1.165) is 25.7 Å². The largest absolute Gasteiger partial charge is 0.367 e. The summed E-state index contributed by atoms with van der Waals surface area (Å²) in [5.74, 6) is -6.82. The molecule has 0 radical (unpaired) electrons. The van der Waals surface area contributed by atoms with E-state index in [1.807, 2.05) is 0 Å². The van der Waals surface area contributed by atoms with Gasteiger partial charge in [-0.3, -0.25) is 0 Å². The van der Waals surface area contributed by atoms with Gasteiger partial charge in [0.25, 0.3) is 11.7 Å². The molecule has 2 aromatic heterocycles. The van der Waals surface area contributed by atoms with E-state index in [4.69, 9.17) is 23.2 Å². The molecule has 0 saturated heterocycles. The van der Waals surface area contributed by atoms with Gasteiger partial charge in [-0.1, -0.05) is 24.4 Å². The Bertz CT molecular complexity index is 965. The van der Waals surface area contributed by atoms with Crippen LogP contribution >= 0.6 is 23.2 Å². The Morgan fingerprint density at radius 3 is 2.63 bits per heavy atom. The van der Waals surface area contributed by atoms with Gasteiger partial charge in [0.2, 0.25) is 0 Å². The Morgan fingerprint density at radius 1 is 1.22 bits per heavy atom. The van der Waals surface area contributed by atoms with E-state index < -0.39 is 28.5 Å². The summed E-state index contributed by atoms with van der Waals surface area (Å²) in [5.41, 5.74) is -0.928. The first-order chi connectivity index (χ1) is 12.8. The first kappa shape index (κ1) is 18.5. The topological polar surface area (TPSA) is 55.1 Å². The number of halogens is 6. The molecule has 2 aliphatic carbocycles. The molecule has 0 aromatic carbocycles. The van der Waals surface area contributed by atoms with Crippen LogP contribution in [-0.2, 0) is 0 Å². The fourth-order valence-corrected chi connectivity index (χ4v) is 3.80. The summed E-state index contributed by atoms with van der Waals surface area (Å²) in [6, 6.07) is 0.0111. The minimum absolute atomic E-state index is 0.0111. The number of aromatic nitrogens is 4. The second-order valence-corrected chi connectivity index (χ2v) is 7.28. The van der Waals surface area contributed by atoms with Crippen LogP contribution in [0.5, 0.6) is 0 Å². The van der Waals surface area contributed by atoms with Gasteiger partial charge in [0.05, 0.1) is 5.56 Å². The highest BCUT2D eigenvalue weighted by Crippen LogP contribution is 2.46. The summed E-state index contributed by atoms with van der Waals surface area (Å²) in [6.45, 7) is 0. The van der Waals surface area contributed by atoms with Crippen LogP contribution in [-0.4, -0.2) is 36.9 Å². The number of fused-ring (bicyclic) bond motifs is 1. The molecular formula is C16H13Cl2F4N5. The molecular weight excluding hydrogens is 409 g/mol. The van der Waals surface area contributed by atoms with Gasteiger partial charge in [0.1, 0.15) is 17.3 Å². The monoisotopic (exact) mass is 421 g/mol. The first-order valence-electron chi connectivity index (χ1n) is 8.26. The highest BCUT2D eigenvalue weighted by atomic mass is 35.5. The van der Waals surface area contributed by atoms with Crippen LogP contribution < -0.4 is 5.32 Å². The zero-order valence-corrected chi connectivity index (χ0v) is 15.2. The average Bonchev–Trinajstić information content (AvgIpc) is 3.28. The van der Waals surface area contributed by atoms with Crippen LogP contribution in [0.4, 0.5) is 23.4 Å². The molecule has 1 saturated carbocycles. The summed E-state index contributed by atoms with van der Waals surface area (Å²) >= 11 is 11.5. The number of hydrogen-bond acceptors (Lipinski definition) is 4. The van der Waals surface area contributed by atoms with E-state index in [1.165, 1.54) is 10.8 Å². The average molecular weight is 422 g/mol. The lowest BCUT2D eigenvalue weighted by atomic mass is 9.96. The van der Waals surface area contributed by atoms with Crippen LogP contribution in [0.3, 0.4) is 0 Å². The lowest BCUT2D eigenvalue weighted by Crippen LogP contribution is -2.31. The Labute approximate surface area is 161 Å². The molecule has 2 heterocycles. The number of anilines is 1. The molecule has 5 nitrogen and oxygen atoms in total. The van der Waals surface area contributed by atoms with Gasteiger partial charge in [0, 0.05) is 11.6 Å². The third-order valence-corrected chi connectivity index (χ3v) is 5.45. The van der Waals surface area contributed by atoms with Crippen molar-refractivity contribution in [2.24, 2.45) is 0 Å². The van der Waals surface area contributed by atoms with E-state index in [0.29, 0.717) is 0 Å². The summed E-state index contributed by atoms with van der Waals surface area (Å²) in [4.78, 5) is 7.88. The predicted molar refractivity (Wildman–Crippen MR) is 93.5 cm³/mol. The zero-order valence-electron chi connectivity index (χ0n) is 13.7. The minimum atomic E-state index is -3.80. The van der Waals surface area contributed by atoms with Crippen molar-refractivity contribution in [1.82, 2.24) is 19.6 Å². The van der Waals surface area contributed by atoms with Crippen molar-refractivity contribution in [3.05, 3.63) is 34.8 Å². The zero-order chi connectivity index (χ0) is 19.3. The summed E-state index contributed by atoms with van der Waals surface area (Å²) in [5, 5.41) is 4.44. The minimum Gasteiger partial charge on any atom is -0.367 e. The molecule has 2 aliphatic rings. The smallest absolute Gasteiger partial charge is 0.289 e. The molecule has 0 amide bonds. The standard InChI is InChI=1S/C16H13Cl2F4N5/c17-12-11(20)10(19)8(5-16(12,21)22)9-13(18)26-15-23-6-24-27(15)14(9)25-7-3-1-2-4-7/h5-7,12,25H,1-4H2. The highest BCUT2D eigenvalue weighted by molar-refractivity contribution is 6.32. The van der Waals surface area contributed by atoms with E-state index in [-0.39, 0.29) is 34.4 Å². The molecule has 1 atom stereocenters. The molecule has 1 unspecified atom stereocenters. The second kappa shape index (κ2) is 6.63. The molecule has 144 valence electrons. The molecule has 0 aliphatic heterocycles. The summed E-state index contributed by atoms with van der Waals surface area (Å²) in [6.07, 6.45) is 5.12. The summed E-state index contributed by atoms with van der Waals surface area (Å²) < 4.78 is 58.1. The van der Waals surface area contributed by atoms with E-state index >= 15 is 0 Å². The Morgan fingerprint density at radius 2 is 1.93 bits per heavy atom. The molecule has 2 aromatic rings.